The number of nitrogens with zero attached hydrogens (tertiary/aromatic N) is 1. The monoisotopic (exact) mass is 298 g/mol. The van der Waals surface area contributed by atoms with Crippen LogP contribution >= 0.6 is 11.3 Å². The van der Waals surface area contributed by atoms with E-state index in [9.17, 15) is 4.79 Å². The van der Waals surface area contributed by atoms with Crippen molar-refractivity contribution in [2.24, 2.45) is 0 Å². The van der Waals surface area contributed by atoms with Crippen molar-refractivity contribution in [1.82, 2.24) is 10.3 Å². The van der Waals surface area contributed by atoms with Crippen LogP contribution in [0.2, 0.25) is 0 Å². The Bertz CT molecular complexity index is 481. The molecule has 0 aliphatic carbocycles. The fourth-order valence-electron chi connectivity index (χ4n) is 2.13. The Morgan fingerprint density at radius 1 is 1.60 bits per heavy atom. The highest BCUT2D eigenvalue weighted by molar-refractivity contribution is 7.18. The second-order valence-corrected chi connectivity index (χ2v) is 6.62. The summed E-state index contributed by atoms with van der Waals surface area (Å²) in [6, 6.07) is 0.252. The molecular weight excluding hydrogens is 276 g/mol. The van der Waals surface area contributed by atoms with Crippen molar-refractivity contribution in [1.29, 1.82) is 0 Å². The lowest BCUT2D eigenvalue weighted by atomic mass is 10.0. The molecule has 0 bridgehead atoms. The average molecular weight is 298 g/mol. The Balaban J connectivity index is 1.96. The maximum atomic E-state index is 12.2. The van der Waals surface area contributed by atoms with Gasteiger partial charge in [-0.3, -0.25) is 4.79 Å². The topological polar surface area (TPSA) is 89.3 Å². The molecule has 2 heterocycles. The first-order valence-corrected chi connectivity index (χ1v) is 7.66. The summed E-state index contributed by atoms with van der Waals surface area (Å²) >= 11 is 1.28. The Kier molecular flexibility index (Phi) is 4.49. The molecule has 2 rings (SSSR count). The Labute approximate surface area is 123 Å². The first-order valence-electron chi connectivity index (χ1n) is 6.85. The molecule has 4 N–H and O–H groups in total. The first kappa shape index (κ1) is 15.1. The summed E-state index contributed by atoms with van der Waals surface area (Å²) in [5, 5.41) is 6.71. The Morgan fingerprint density at radius 3 is 2.95 bits per heavy atom. The molecule has 0 saturated carbocycles. The normalized spacial score (nSPS) is 22.2. The number of hydrogen-bond acceptors (Lipinski definition) is 6. The van der Waals surface area contributed by atoms with E-state index in [1.165, 1.54) is 11.3 Å². The molecular formula is C13H22N4O2S. The molecule has 1 atom stereocenters. The average Bonchev–Trinajstić information content (AvgIpc) is 2.93. The van der Waals surface area contributed by atoms with Crippen molar-refractivity contribution in [3.8, 4) is 0 Å². The van der Waals surface area contributed by atoms with Crippen LogP contribution in [0.25, 0.3) is 0 Å². The van der Waals surface area contributed by atoms with Crippen molar-refractivity contribution in [3.05, 3.63) is 4.88 Å². The molecule has 1 saturated heterocycles. The fourth-order valence-corrected chi connectivity index (χ4v) is 3.07. The van der Waals surface area contributed by atoms with Gasteiger partial charge in [0.25, 0.3) is 5.91 Å². The summed E-state index contributed by atoms with van der Waals surface area (Å²) in [6.07, 6.45) is 2.00. The Morgan fingerprint density at radius 2 is 2.35 bits per heavy atom. The zero-order chi connectivity index (χ0) is 14.8. The van der Waals surface area contributed by atoms with Gasteiger partial charge < -0.3 is 21.1 Å². The number of nitrogens with two attached hydrogens (primary N) is 1. The van der Waals surface area contributed by atoms with Crippen molar-refractivity contribution >= 4 is 28.2 Å². The van der Waals surface area contributed by atoms with Gasteiger partial charge in [0.15, 0.2) is 5.13 Å². The van der Waals surface area contributed by atoms with E-state index in [2.05, 4.69) is 15.6 Å². The van der Waals surface area contributed by atoms with Gasteiger partial charge in [-0.1, -0.05) is 11.3 Å². The number of nitrogens with one attached hydrogen (secondary N) is 2. The summed E-state index contributed by atoms with van der Waals surface area (Å²) in [7, 11) is 0. The number of aromatic nitrogens is 1. The minimum Gasteiger partial charge on any atom is -0.382 e. The minimum atomic E-state index is -0.256. The Hall–Kier alpha value is -1.34. The van der Waals surface area contributed by atoms with E-state index in [0.29, 0.717) is 16.6 Å². The third kappa shape index (κ3) is 3.61. The number of ether oxygens (including phenoxy) is 1. The predicted octanol–water partition coefficient (Wildman–Crippen LogP) is 1.84. The highest BCUT2D eigenvalue weighted by Crippen LogP contribution is 2.27. The number of thiazole rings is 1. The zero-order valence-electron chi connectivity index (χ0n) is 12.2. The summed E-state index contributed by atoms with van der Waals surface area (Å²) in [6.45, 7) is 7.29. The van der Waals surface area contributed by atoms with Crippen LogP contribution in [-0.2, 0) is 4.74 Å². The molecule has 20 heavy (non-hydrogen) atoms. The van der Waals surface area contributed by atoms with Crippen LogP contribution in [-0.4, -0.2) is 35.7 Å². The van der Waals surface area contributed by atoms with Crippen molar-refractivity contribution in [2.45, 2.75) is 45.3 Å². The molecule has 1 aromatic heterocycles. The number of anilines is 2. The molecule has 6 nitrogen and oxygen atoms in total. The van der Waals surface area contributed by atoms with Crippen LogP contribution in [0, 0.1) is 0 Å². The van der Waals surface area contributed by atoms with Gasteiger partial charge >= 0.3 is 0 Å². The summed E-state index contributed by atoms with van der Waals surface area (Å²) in [5.41, 5.74) is 5.55. The lowest BCUT2D eigenvalue weighted by Gasteiger charge is -2.23. The fraction of sp³-hybridized carbons (Fsp3) is 0.692. The molecule has 1 fully saturated rings. The van der Waals surface area contributed by atoms with E-state index in [1.807, 2.05) is 20.8 Å². The van der Waals surface area contributed by atoms with Gasteiger partial charge in [0.1, 0.15) is 10.7 Å². The molecule has 1 unspecified atom stereocenters. The quantitative estimate of drug-likeness (QED) is 0.772. The largest absolute Gasteiger partial charge is 0.382 e. The molecule has 0 aromatic carbocycles. The molecule has 1 aliphatic heterocycles. The standard InChI is InChI=1S/C13H22N4O2S/c1-8(2)16-12-17-10(14)9(20-12)11(18)15-7-13(3)5-4-6-19-13/h8H,4-7,14H2,1-3H3,(H,15,18)(H,16,17). The summed E-state index contributed by atoms with van der Waals surface area (Å²) < 4.78 is 5.64. The second kappa shape index (κ2) is 5.97. The van der Waals surface area contributed by atoms with Crippen LogP contribution in [0.5, 0.6) is 0 Å². The summed E-state index contributed by atoms with van der Waals surface area (Å²) in [4.78, 5) is 16.8. The van der Waals surface area contributed by atoms with Gasteiger partial charge in [-0.25, -0.2) is 4.98 Å². The van der Waals surface area contributed by atoms with Crippen molar-refractivity contribution < 1.29 is 9.53 Å². The van der Waals surface area contributed by atoms with E-state index in [4.69, 9.17) is 10.5 Å². The SMILES string of the molecule is CC(C)Nc1nc(N)c(C(=O)NCC2(C)CCCO2)s1. The maximum absolute atomic E-state index is 12.2. The third-order valence-electron chi connectivity index (χ3n) is 3.20. The van der Waals surface area contributed by atoms with Crippen molar-refractivity contribution in [2.75, 3.05) is 24.2 Å². The van der Waals surface area contributed by atoms with E-state index in [1.54, 1.807) is 0 Å². The number of rotatable bonds is 5. The molecule has 0 radical (unpaired) electrons. The van der Waals surface area contributed by atoms with Gasteiger partial charge in [-0.05, 0) is 33.6 Å². The van der Waals surface area contributed by atoms with Crippen LogP contribution < -0.4 is 16.4 Å². The van der Waals surface area contributed by atoms with Crippen molar-refractivity contribution in [3.63, 3.8) is 0 Å². The van der Waals surface area contributed by atoms with Gasteiger partial charge in [-0.2, -0.15) is 0 Å². The molecule has 1 aromatic rings. The molecule has 1 aliphatic rings. The highest BCUT2D eigenvalue weighted by atomic mass is 32.1. The molecule has 7 heteroatoms. The van der Waals surface area contributed by atoms with Gasteiger partial charge in [-0.15, -0.1) is 0 Å². The first-order chi connectivity index (χ1) is 9.39. The molecule has 1 amide bonds. The smallest absolute Gasteiger partial charge is 0.265 e. The lowest BCUT2D eigenvalue weighted by molar-refractivity contribution is 0.0206. The summed E-state index contributed by atoms with van der Waals surface area (Å²) in [5.74, 6) is 0.0849. The van der Waals surface area contributed by atoms with Crippen LogP contribution in [0.1, 0.15) is 43.3 Å². The number of amides is 1. The van der Waals surface area contributed by atoms with Crippen LogP contribution in [0.15, 0.2) is 0 Å². The van der Waals surface area contributed by atoms with Gasteiger partial charge in [0.05, 0.1) is 5.60 Å². The van der Waals surface area contributed by atoms with Gasteiger partial charge in [0, 0.05) is 19.2 Å². The van der Waals surface area contributed by atoms with Crippen LogP contribution in [0.3, 0.4) is 0 Å². The number of hydrogen-bond donors (Lipinski definition) is 3. The number of carbonyl (C=O) groups is 1. The molecule has 0 spiro atoms. The zero-order valence-corrected chi connectivity index (χ0v) is 13.0. The number of nitrogen functional groups attached to an aromatic ring is 1. The lowest BCUT2D eigenvalue weighted by Crippen LogP contribution is -2.40. The molecule has 112 valence electrons. The van der Waals surface area contributed by atoms with Gasteiger partial charge in [0.2, 0.25) is 0 Å². The minimum absolute atomic E-state index is 0.187. The van der Waals surface area contributed by atoms with E-state index >= 15 is 0 Å². The van der Waals surface area contributed by atoms with E-state index < -0.39 is 0 Å². The second-order valence-electron chi connectivity index (χ2n) is 5.62. The van der Waals surface area contributed by atoms with Crippen LogP contribution in [0.4, 0.5) is 10.9 Å². The maximum Gasteiger partial charge on any atom is 0.265 e. The third-order valence-corrected chi connectivity index (χ3v) is 4.20. The van der Waals surface area contributed by atoms with E-state index in [0.717, 1.165) is 19.4 Å². The van der Waals surface area contributed by atoms with E-state index in [-0.39, 0.29) is 23.4 Å². The highest BCUT2D eigenvalue weighted by Gasteiger charge is 2.30. The predicted molar refractivity (Wildman–Crippen MR) is 81.2 cm³/mol. The number of carbonyl (C=O) groups excluding carboxylic acids is 1.